The summed E-state index contributed by atoms with van der Waals surface area (Å²) in [6.45, 7) is 0.672. The molecule has 0 atom stereocenters. The quantitative estimate of drug-likeness (QED) is 0.625. The fourth-order valence-corrected chi connectivity index (χ4v) is 3.01. The summed E-state index contributed by atoms with van der Waals surface area (Å²) in [6, 6.07) is 21.0. The smallest absolute Gasteiger partial charge is 0.220 e. The molecule has 0 saturated heterocycles. The van der Waals surface area contributed by atoms with Crippen LogP contribution < -0.4 is 5.32 Å². The summed E-state index contributed by atoms with van der Waals surface area (Å²) in [5.74, 6) is -0.205. The Morgan fingerprint density at radius 2 is 1.64 bits per heavy atom. The van der Waals surface area contributed by atoms with E-state index in [1.165, 1.54) is 28.5 Å². The van der Waals surface area contributed by atoms with Gasteiger partial charge in [-0.05, 0) is 53.3 Å². The van der Waals surface area contributed by atoms with Crippen molar-refractivity contribution in [3.05, 3.63) is 83.7 Å². The molecule has 1 N–H and O–H groups in total. The van der Waals surface area contributed by atoms with Gasteiger partial charge in [-0.15, -0.1) is 0 Å². The van der Waals surface area contributed by atoms with Crippen molar-refractivity contribution in [1.82, 2.24) is 5.32 Å². The number of nitrogens with one attached hydrogen (secondary N) is 1. The van der Waals surface area contributed by atoms with Crippen LogP contribution in [-0.4, -0.2) is 12.5 Å². The zero-order valence-corrected chi connectivity index (χ0v) is 14.2. The minimum Gasteiger partial charge on any atom is -0.356 e. The van der Waals surface area contributed by atoms with Crippen LogP contribution in [0.1, 0.15) is 24.0 Å². The van der Waals surface area contributed by atoms with E-state index in [9.17, 15) is 9.18 Å². The molecule has 3 aromatic carbocycles. The first-order valence-electron chi connectivity index (χ1n) is 8.70. The Morgan fingerprint density at radius 3 is 2.48 bits per heavy atom. The number of aryl methyl sites for hydroxylation is 2. The second-order valence-corrected chi connectivity index (χ2v) is 6.22. The Morgan fingerprint density at radius 1 is 0.880 bits per heavy atom. The van der Waals surface area contributed by atoms with E-state index < -0.39 is 0 Å². The van der Waals surface area contributed by atoms with Gasteiger partial charge >= 0.3 is 0 Å². The van der Waals surface area contributed by atoms with Crippen LogP contribution >= 0.6 is 0 Å². The third-order valence-corrected chi connectivity index (χ3v) is 4.38. The van der Waals surface area contributed by atoms with E-state index in [0.29, 0.717) is 19.4 Å². The van der Waals surface area contributed by atoms with Gasteiger partial charge in [-0.2, -0.15) is 0 Å². The molecule has 0 fully saturated rings. The predicted octanol–water partition coefficient (Wildman–Crippen LogP) is 4.66. The molecule has 2 nitrogen and oxygen atoms in total. The van der Waals surface area contributed by atoms with Crippen molar-refractivity contribution in [2.45, 2.75) is 25.7 Å². The molecule has 0 unspecified atom stereocenters. The molecule has 0 aromatic heterocycles. The SMILES string of the molecule is O=C(CCc1ccc(F)cc1)NCCCc1cccc2ccccc12. The Bertz CT molecular complexity index is 837. The first kappa shape index (κ1) is 17.2. The summed E-state index contributed by atoms with van der Waals surface area (Å²) in [6.07, 6.45) is 2.92. The lowest BCUT2D eigenvalue weighted by molar-refractivity contribution is -0.121. The lowest BCUT2D eigenvalue weighted by Crippen LogP contribution is -2.25. The third-order valence-electron chi connectivity index (χ3n) is 4.38. The molecule has 0 saturated carbocycles. The molecule has 3 aromatic rings. The fraction of sp³-hybridized carbons (Fsp3) is 0.227. The molecular weight excluding hydrogens is 313 g/mol. The zero-order valence-electron chi connectivity index (χ0n) is 14.2. The van der Waals surface area contributed by atoms with Crippen molar-refractivity contribution in [2.24, 2.45) is 0 Å². The number of rotatable bonds is 7. The van der Waals surface area contributed by atoms with E-state index >= 15 is 0 Å². The van der Waals surface area contributed by atoms with Gasteiger partial charge in [0.2, 0.25) is 5.91 Å². The normalized spacial score (nSPS) is 10.8. The van der Waals surface area contributed by atoms with E-state index in [2.05, 4.69) is 41.7 Å². The number of fused-ring (bicyclic) bond motifs is 1. The highest BCUT2D eigenvalue weighted by Gasteiger charge is 2.04. The highest BCUT2D eigenvalue weighted by molar-refractivity contribution is 5.85. The van der Waals surface area contributed by atoms with Gasteiger partial charge in [-0.25, -0.2) is 4.39 Å². The van der Waals surface area contributed by atoms with Crippen molar-refractivity contribution in [2.75, 3.05) is 6.54 Å². The standard InChI is InChI=1S/C22H22FNO/c23-20-13-10-17(11-14-20)12-15-22(25)24-16-4-8-19-7-3-6-18-5-1-2-9-21(18)19/h1-3,5-7,9-11,13-14H,4,8,12,15-16H2,(H,24,25). The Hall–Kier alpha value is -2.68. The second-order valence-electron chi connectivity index (χ2n) is 6.22. The van der Waals surface area contributed by atoms with Crippen LogP contribution in [-0.2, 0) is 17.6 Å². The topological polar surface area (TPSA) is 29.1 Å². The van der Waals surface area contributed by atoms with Crippen molar-refractivity contribution in [1.29, 1.82) is 0 Å². The van der Waals surface area contributed by atoms with Crippen molar-refractivity contribution >= 4 is 16.7 Å². The summed E-state index contributed by atoms with van der Waals surface area (Å²) in [7, 11) is 0. The van der Waals surface area contributed by atoms with Crippen LogP contribution in [0.2, 0.25) is 0 Å². The van der Waals surface area contributed by atoms with Crippen LogP contribution in [0.5, 0.6) is 0 Å². The van der Waals surface area contributed by atoms with Gasteiger partial charge in [0.05, 0.1) is 0 Å². The monoisotopic (exact) mass is 335 g/mol. The van der Waals surface area contributed by atoms with E-state index in [-0.39, 0.29) is 11.7 Å². The highest BCUT2D eigenvalue weighted by Crippen LogP contribution is 2.19. The number of halogens is 1. The molecule has 0 aliphatic carbocycles. The molecule has 0 bridgehead atoms. The Kier molecular flexibility index (Phi) is 5.78. The van der Waals surface area contributed by atoms with Crippen molar-refractivity contribution in [3.8, 4) is 0 Å². The predicted molar refractivity (Wildman–Crippen MR) is 100.0 cm³/mol. The van der Waals surface area contributed by atoms with Crippen LogP contribution in [0.15, 0.2) is 66.7 Å². The number of hydrogen-bond acceptors (Lipinski definition) is 1. The molecule has 1 amide bonds. The molecule has 0 spiro atoms. The zero-order chi connectivity index (χ0) is 17.5. The molecule has 0 radical (unpaired) electrons. The van der Waals surface area contributed by atoms with Crippen LogP contribution in [0.3, 0.4) is 0 Å². The van der Waals surface area contributed by atoms with Gasteiger partial charge in [0, 0.05) is 13.0 Å². The van der Waals surface area contributed by atoms with E-state index in [0.717, 1.165) is 18.4 Å². The van der Waals surface area contributed by atoms with Gasteiger partial charge in [-0.3, -0.25) is 4.79 Å². The van der Waals surface area contributed by atoms with Crippen LogP contribution in [0.4, 0.5) is 4.39 Å². The van der Waals surface area contributed by atoms with E-state index in [1.807, 2.05) is 6.07 Å². The molecule has 0 heterocycles. The second kappa shape index (κ2) is 8.43. The van der Waals surface area contributed by atoms with E-state index in [1.54, 1.807) is 12.1 Å². The largest absolute Gasteiger partial charge is 0.356 e. The summed E-state index contributed by atoms with van der Waals surface area (Å²) in [5, 5.41) is 5.51. The first-order chi connectivity index (χ1) is 12.2. The highest BCUT2D eigenvalue weighted by atomic mass is 19.1. The average molecular weight is 335 g/mol. The van der Waals surface area contributed by atoms with Crippen molar-refractivity contribution in [3.63, 3.8) is 0 Å². The molecule has 3 rings (SSSR count). The Balaban J connectivity index is 1.42. The Labute approximate surface area is 147 Å². The number of amides is 1. The summed E-state index contributed by atoms with van der Waals surface area (Å²) < 4.78 is 12.8. The van der Waals surface area contributed by atoms with Crippen LogP contribution in [0, 0.1) is 5.82 Å². The first-order valence-corrected chi connectivity index (χ1v) is 8.70. The van der Waals surface area contributed by atoms with Crippen LogP contribution in [0.25, 0.3) is 10.8 Å². The summed E-state index contributed by atoms with van der Waals surface area (Å²) >= 11 is 0. The molecular formula is C22H22FNO. The fourth-order valence-electron chi connectivity index (χ4n) is 3.01. The van der Waals surface area contributed by atoms with Gasteiger partial charge in [0.1, 0.15) is 5.82 Å². The molecule has 0 aliphatic rings. The van der Waals surface area contributed by atoms with Gasteiger partial charge < -0.3 is 5.32 Å². The number of carbonyl (C=O) groups is 1. The lowest BCUT2D eigenvalue weighted by atomic mass is 10.0. The molecule has 128 valence electrons. The van der Waals surface area contributed by atoms with Gasteiger partial charge in [-0.1, -0.05) is 54.6 Å². The minimum absolute atomic E-state index is 0.0437. The maximum absolute atomic E-state index is 12.8. The number of hydrogen-bond donors (Lipinski definition) is 1. The van der Waals surface area contributed by atoms with E-state index in [4.69, 9.17) is 0 Å². The maximum Gasteiger partial charge on any atom is 0.220 e. The summed E-state index contributed by atoms with van der Waals surface area (Å²) in [4.78, 5) is 11.9. The minimum atomic E-state index is -0.248. The lowest BCUT2D eigenvalue weighted by Gasteiger charge is -2.08. The molecule has 3 heteroatoms. The maximum atomic E-state index is 12.8. The van der Waals surface area contributed by atoms with Gasteiger partial charge in [0.25, 0.3) is 0 Å². The average Bonchev–Trinajstić information content (AvgIpc) is 2.65. The number of benzene rings is 3. The third kappa shape index (κ3) is 4.90. The number of carbonyl (C=O) groups excluding carboxylic acids is 1. The summed E-state index contributed by atoms with van der Waals surface area (Å²) in [5.41, 5.74) is 2.30. The van der Waals surface area contributed by atoms with Gasteiger partial charge in [0.15, 0.2) is 0 Å². The molecule has 25 heavy (non-hydrogen) atoms. The van der Waals surface area contributed by atoms with Crippen molar-refractivity contribution < 1.29 is 9.18 Å². The molecule has 0 aliphatic heterocycles.